The van der Waals surface area contributed by atoms with Gasteiger partial charge in [0.2, 0.25) is 0 Å². The van der Waals surface area contributed by atoms with E-state index >= 15 is 0 Å². The number of halogens is 2. The third-order valence-electron chi connectivity index (χ3n) is 5.92. The summed E-state index contributed by atoms with van der Waals surface area (Å²) in [5.41, 5.74) is -0.0391. The van der Waals surface area contributed by atoms with Gasteiger partial charge >= 0.3 is 12.1 Å². The Morgan fingerprint density at radius 2 is 2.03 bits per heavy atom. The monoisotopic (exact) mass is 535 g/mol. The van der Waals surface area contributed by atoms with E-state index in [0.29, 0.717) is 49.1 Å². The average Bonchev–Trinajstić information content (AvgIpc) is 2.78. The number of carboxylic acid groups (broad SMARTS) is 1. The maximum Gasteiger partial charge on any atom is 0.410 e. The number of carboxylic acids is 1. The summed E-state index contributed by atoms with van der Waals surface area (Å²) in [5, 5.41) is 10.0. The van der Waals surface area contributed by atoms with E-state index in [1.807, 2.05) is 18.2 Å². The molecule has 2 aliphatic rings. The minimum absolute atomic E-state index is 0.00558. The molecule has 34 heavy (non-hydrogen) atoms. The Morgan fingerprint density at radius 3 is 2.68 bits per heavy atom. The Hall–Kier alpha value is -2.61. The average molecular weight is 536 g/mol. The normalized spacial score (nSPS) is 20.4. The molecule has 3 rings (SSSR count). The van der Waals surface area contributed by atoms with Gasteiger partial charge in [-0.25, -0.2) is 14.0 Å². The largest absolute Gasteiger partial charge is 0.492 e. The van der Waals surface area contributed by atoms with Crippen LogP contribution in [0.4, 0.5) is 9.18 Å². The molecule has 1 heterocycles. The van der Waals surface area contributed by atoms with Crippen molar-refractivity contribution < 1.29 is 28.6 Å². The van der Waals surface area contributed by atoms with Gasteiger partial charge in [-0.15, -0.1) is 0 Å². The van der Waals surface area contributed by atoms with Gasteiger partial charge in [0.1, 0.15) is 17.2 Å². The molecule has 6 nitrogen and oxygen atoms in total. The van der Waals surface area contributed by atoms with E-state index < -0.39 is 23.1 Å². The van der Waals surface area contributed by atoms with Gasteiger partial charge in [0.05, 0.1) is 23.2 Å². The van der Waals surface area contributed by atoms with Crippen LogP contribution in [0.3, 0.4) is 0 Å². The Balaban J connectivity index is 1.77. The van der Waals surface area contributed by atoms with Crippen molar-refractivity contribution in [2.75, 3.05) is 19.7 Å². The second-order valence-electron chi connectivity index (χ2n) is 9.59. The van der Waals surface area contributed by atoms with Crippen LogP contribution >= 0.6 is 15.9 Å². The number of carbonyl (C=O) groups excluding carboxylic acids is 1. The van der Waals surface area contributed by atoms with Crippen molar-refractivity contribution in [3.63, 3.8) is 0 Å². The fourth-order valence-corrected chi connectivity index (χ4v) is 4.73. The molecule has 184 valence electrons. The third-order valence-corrected chi connectivity index (χ3v) is 6.57. The zero-order valence-corrected chi connectivity index (χ0v) is 21.4. The maximum absolute atomic E-state index is 13.5. The van der Waals surface area contributed by atoms with Crippen LogP contribution in [0.2, 0.25) is 0 Å². The molecule has 0 radical (unpaired) electrons. The van der Waals surface area contributed by atoms with E-state index in [2.05, 4.69) is 22.0 Å². The fourth-order valence-electron chi connectivity index (χ4n) is 4.37. The molecule has 1 aromatic rings. The van der Waals surface area contributed by atoms with E-state index in [9.17, 15) is 19.1 Å². The lowest BCUT2D eigenvalue weighted by molar-refractivity contribution is -0.133. The van der Waals surface area contributed by atoms with Crippen LogP contribution in [0.25, 0.3) is 0 Å². The lowest BCUT2D eigenvalue weighted by atomic mass is 9.68. The van der Waals surface area contributed by atoms with E-state index in [-0.39, 0.29) is 17.9 Å². The summed E-state index contributed by atoms with van der Waals surface area (Å²) in [4.78, 5) is 26.3. The van der Waals surface area contributed by atoms with E-state index in [4.69, 9.17) is 9.47 Å². The van der Waals surface area contributed by atoms with Gasteiger partial charge in [-0.05, 0) is 80.1 Å². The number of amides is 1. The van der Waals surface area contributed by atoms with Crippen molar-refractivity contribution in [2.45, 2.75) is 52.1 Å². The number of nitrogens with zero attached hydrogens (tertiary/aromatic N) is 1. The lowest BCUT2D eigenvalue weighted by Gasteiger charge is -2.40. The standard InChI is InChI=1S/C26H31BrFNO5/c1-25(2,3)34-24(32)29-14-10-20(19(17-29)23(30)31)26(11-5-4-6-12-26)13-7-15-33-22-16-18(28)8-9-21(22)27/h4-6,8-9,11,16H,7,10,12-15,17H2,1-3H3,(H,30,31). The van der Waals surface area contributed by atoms with Crippen LogP contribution in [0, 0.1) is 11.2 Å². The van der Waals surface area contributed by atoms with Gasteiger partial charge in [0, 0.05) is 18.0 Å². The Morgan fingerprint density at radius 1 is 1.26 bits per heavy atom. The highest BCUT2D eigenvalue weighted by Gasteiger charge is 2.39. The number of rotatable bonds is 7. The number of benzene rings is 1. The van der Waals surface area contributed by atoms with E-state index in [0.717, 1.165) is 5.57 Å². The van der Waals surface area contributed by atoms with Gasteiger partial charge in [0.25, 0.3) is 0 Å². The molecule has 1 aliphatic heterocycles. The molecular weight excluding hydrogens is 505 g/mol. The van der Waals surface area contributed by atoms with Crippen molar-refractivity contribution in [3.8, 4) is 5.75 Å². The molecule has 1 unspecified atom stereocenters. The van der Waals surface area contributed by atoms with Crippen LogP contribution in [0.5, 0.6) is 5.75 Å². The summed E-state index contributed by atoms with van der Waals surface area (Å²) in [6, 6.07) is 4.29. The van der Waals surface area contributed by atoms with Crippen molar-refractivity contribution in [1.82, 2.24) is 4.90 Å². The van der Waals surface area contributed by atoms with Gasteiger partial charge in [-0.3, -0.25) is 0 Å². The molecule has 1 N–H and O–H groups in total. The van der Waals surface area contributed by atoms with Crippen molar-refractivity contribution in [2.24, 2.45) is 5.41 Å². The quantitative estimate of drug-likeness (QED) is 0.416. The number of aliphatic carboxylic acids is 1. The van der Waals surface area contributed by atoms with Crippen molar-refractivity contribution in [3.05, 3.63) is 63.9 Å². The number of ether oxygens (including phenoxy) is 2. The lowest BCUT2D eigenvalue weighted by Crippen LogP contribution is -2.44. The van der Waals surface area contributed by atoms with E-state index in [1.54, 1.807) is 26.8 Å². The van der Waals surface area contributed by atoms with Crippen LogP contribution in [0.15, 0.2) is 58.1 Å². The SMILES string of the molecule is CC(C)(C)OC(=O)N1CCC(C2(CCCOc3cc(F)ccc3Br)C=CC=CC2)=C(C(=O)O)C1. The fraction of sp³-hybridized carbons (Fsp3) is 0.462. The first-order valence-electron chi connectivity index (χ1n) is 11.4. The first kappa shape index (κ1) is 26.0. The van der Waals surface area contributed by atoms with Crippen LogP contribution in [0.1, 0.15) is 46.5 Å². The first-order valence-corrected chi connectivity index (χ1v) is 12.2. The topological polar surface area (TPSA) is 76.1 Å². The first-order chi connectivity index (χ1) is 16.0. The van der Waals surface area contributed by atoms with Crippen LogP contribution in [-0.2, 0) is 9.53 Å². The summed E-state index contributed by atoms with van der Waals surface area (Å²) >= 11 is 3.36. The smallest absolute Gasteiger partial charge is 0.410 e. The molecule has 1 aliphatic carbocycles. The highest BCUT2D eigenvalue weighted by molar-refractivity contribution is 9.10. The third kappa shape index (κ3) is 6.50. The minimum Gasteiger partial charge on any atom is -0.492 e. The molecular formula is C26H31BrFNO5. The molecule has 1 aromatic carbocycles. The molecule has 0 saturated heterocycles. The Labute approximate surface area is 208 Å². The molecule has 0 saturated carbocycles. The molecule has 0 bridgehead atoms. The highest BCUT2D eigenvalue weighted by atomic mass is 79.9. The van der Waals surface area contributed by atoms with E-state index in [1.165, 1.54) is 17.0 Å². The summed E-state index contributed by atoms with van der Waals surface area (Å²) in [7, 11) is 0. The number of hydrogen-bond donors (Lipinski definition) is 1. The zero-order valence-electron chi connectivity index (χ0n) is 19.8. The summed E-state index contributed by atoms with van der Waals surface area (Å²) in [6.07, 6.45) is 9.93. The van der Waals surface area contributed by atoms with Crippen LogP contribution in [-0.4, -0.2) is 47.4 Å². The number of carbonyl (C=O) groups is 2. The zero-order chi connectivity index (χ0) is 24.9. The number of allylic oxidation sites excluding steroid dienone is 4. The molecule has 1 atom stereocenters. The molecule has 0 fully saturated rings. The van der Waals surface area contributed by atoms with Crippen LogP contribution < -0.4 is 4.74 Å². The van der Waals surface area contributed by atoms with Crippen molar-refractivity contribution >= 4 is 28.0 Å². The summed E-state index contributed by atoms with van der Waals surface area (Å²) in [6.45, 7) is 6.12. The Kier molecular flexibility index (Phi) is 8.23. The van der Waals surface area contributed by atoms with Gasteiger partial charge < -0.3 is 19.5 Å². The molecule has 0 aromatic heterocycles. The van der Waals surface area contributed by atoms with Gasteiger partial charge in [0.15, 0.2) is 0 Å². The minimum atomic E-state index is -1.02. The van der Waals surface area contributed by atoms with Gasteiger partial charge in [-0.1, -0.05) is 24.3 Å². The number of hydrogen-bond acceptors (Lipinski definition) is 4. The predicted molar refractivity (Wildman–Crippen MR) is 131 cm³/mol. The molecule has 0 spiro atoms. The van der Waals surface area contributed by atoms with Crippen molar-refractivity contribution in [1.29, 1.82) is 0 Å². The Bertz CT molecular complexity index is 1030. The summed E-state index contributed by atoms with van der Waals surface area (Å²) in [5.74, 6) is -0.960. The second kappa shape index (κ2) is 10.8. The highest BCUT2D eigenvalue weighted by Crippen LogP contribution is 2.45. The second-order valence-corrected chi connectivity index (χ2v) is 10.4. The molecule has 8 heteroatoms. The maximum atomic E-state index is 13.5. The predicted octanol–water partition coefficient (Wildman–Crippen LogP) is 6.27. The molecule has 1 amide bonds. The van der Waals surface area contributed by atoms with Gasteiger partial charge in [-0.2, -0.15) is 0 Å². The summed E-state index contributed by atoms with van der Waals surface area (Å²) < 4.78 is 25.4.